The molecule has 0 aromatic carbocycles. The van der Waals surface area contributed by atoms with Crippen LogP contribution < -0.4 is 0 Å². The number of nitrogens with zero attached hydrogens (tertiary/aromatic N) is 4. The highest BCUT2D eigenvalue weighted by Crippen LogP contribution is 2.28. The fourth-order valence-corrected chi connectivity index (χ4v) is 2.89. The van der Waals surface area contributed by atoms with E-state index >= 15 is 0 Å². The zero-order valence-corrected chi connectivity index (χ0v) is 10.2. The first-order valence-corrected chi connectivity index (χ1v) is 6.16. The van der Waals surface area contributed by atoms with Gasteiger partial charge >= 0.3 is 0 Å². The second kappa shape index (κ2) is 3.86. The highest BCUT2D eigenvalue weighted by atomic mass is 15.3. The van der Waals surface area contributed by atoms with Gasteiger partial charge in [0.15, 0.2) is 0 Å². The Morgan fingerprint density at radius 2 is 1.88 bits per heavy atom. The Balaban J connectivity index is 1.80. The summed E-state index contributed by atoms with van der Waals surface area (Å²) in [6.45, 7) is 4.55. The Labute approximate surface area is 96.8 Å². The van der Waals surface area contributed by atoms with E-state index in [1.165, 1.54) is 37.2 Å². The smallest absolute Gasteiger partial charge is 0.0572 e. The Morgan fingerprint density at radius 3 is 2.62 bits per heavy atom. The fraction of sp³-hybridized carbons (Fsp3) is 0.750. The first kappa shape index (κ1) is 10.3. The second-order valence-electron chi connectivity index (χ2n) is 5.27. The van der Waals surface area contributed by atoms with Crippen molar-refractivity contribution in [2.75, 3.05) is 27.2 Å². The van der Waals surface area contributed by atoms with Gasteiger partial charge in [0, 0.05) is 18.7 Å². The van der Waals surface area contributed by atoms with Gasteiger partial charge in [-0.15, -0.1) is 0 Å². The Morgan fingerprint density at radius 1 is 1.12 bits per heavy atom. The summed E-state index contributed by atoms with van der Waals surface area (Å²) in [5, 5.41) is 4.59. The third-order valence-electron chi connectivity index (χ3n) is 3.88. The van der Waals surface area contributed by atoms with Crippen LogP contribution in [-0.4, -0.2) is 46.8 Å². The molecule has 0 radical (unpaired) electrons. The molecule has 1 aromatic heterocycles. The third-order valence-corrected chi connectivity index (χ3v) is 3.88. The molecule has 2 aliphatic heterocycles. The van der Waals surface area contributed by atoms with Crippen molar-refractivity contribution in [1.29, 1.82) is 0 Å². The molecule has 0 spiro atoms. The molecule has 0 N–H and O–H groups in total. The van der Waals surface area contributed by atoms with Crippen LogP contribution in [0.3, 0.4) is 0 Å². The average Bonchev–Trinajstić information content (AvgIpc) is 2.78. The average molecular weight is 220 g/mol. The first-order valence-electron chi connectivity index (χ1n) is 6.16. The molecule has 0 aliphatic carbocycles. The highest BCUT2D eigenvalue weighted by Gasteiger charge is 2.26. The molecule has 88 valence electrons. The molecule has 16 heavy (non-hydrogen) atoms. The Hall–Kier alpha value is -0.870. The predicted octanol–water partition coefficient (Wildman–Crippen LogP) is 1.10. The summed E-state index contributed by atoms with van der Waals surface area (Å²) < 4.78 is 2.30. The van der Waals surface area contributed by atoms with Crippen LogP contribution in [0.4, 0.5) is 0 Å². The topological polar surface area (TPSA) is 24.3 Å². The molecule has 0 amide bonds. The van der Waals surface area contributed by atoms with Crippen molar-refractivity contribution in [2.24, 2.45) is 0 Å². The van der Waals surface area contributed by atoms with Gasteiger partial charge in [0.1, 0.15) is 0 Å². The lowest BCUT2D eigenvalue weighted by Gasteiger charge is -2.30. The lowest BCUT2D eigenvalue weighted by Crippen LogP contribution is -2.32. The molecule has 3 heterocycles. The molecule has 0 bridgehead atoms. The first-order chi connectivity index (χ1) is 7.74. The van der Waals surface area contributed by atoms with E-state index in [4.69, 9.17) is 0 Å². The van der Waals surface area contributed by atoms with Crippen molar-refractivity contribution in [3.05, 3.63) is 17.5 Å². The van der Waals surface area contributed by atoms with E-state index in [-0.39, 0.29) is 0 Å². The predicted molar refractivity (Wildman–Crippen MR) is 63.2 cm³/mol. The van der Waals surface area contributed by atoms with Crippen molar-refractivity contribution >= 4 is 0 Å². The van der Waals surface area contributed by atoms with Gasteiger partial charge in [-0.25, -0.2) is 0 Å². The number of piperidine rings is 1. The van der Waals surface area contributed by atoms with E-state index in [9.17, 15) is 0 Å². The van der Waals surface area contributed by atoms with Gasteiger partial charge in [-0.2, -0.15) is 5.10 Å². The van der Waals surface area contributed by atoms with Crippen LogP contribution in [0.1, 0.15) is 30.1 Å². The zero-order chi connectivity index (χ0) is 11.1. The van der Waals surface area contributed by atoms with E-state index in [2.05, 4.69) is 39.9 Å². The van der Waals surface area contributed by atoms with Crippen LogP contribution in [0.15, 0.2) is 6.20 Å². The summed E-state index contributed by atoms with van der Waals surface area (Å²) >= 11 is 0. The minimum atomic E-state index is 0.631. The Kier molecular flexibility index (Phi) is 2.48. The number of hydrogen-bond acceptors (Lipinski definition) is 3. The summed E-state index contributed by atoms with van der Waals surface area (Å²) in [5.74, 6) is 0. The summed E-state index contributed by atoms with van der Waals surface area (Å²) in [5.41, 5.74) is 2.89. The summed E-state index contributed by atoms with van der Waals surface area (Å²) in [4.78, 5) is 4.77. The van der Waals surface area contributed by atoms with E-state index in [0.29, 0.717) is 6.04 Å². The highest BCUT2D eigenvalue weighted by molar-refractivity contribution is 5.22. The zero-order valence-electron chi connectivity index (χ0n) is 10.2. The maximum Gasteiger partial charge on any atom is 0.0572 e. The van der Waals surface area contributed by atoms with Crippen LogP contribution in [0.2, 0.25) is 0 Å². The molecule has 4 heteroatoms. The van der Waals surface area contributed by atoms with Crippen molar-refractivity contribution in [2.45, 2.75) is 32.0 Å². The summed E-state index contributed by atoms with van der Waals surface area (Å²) in [6.07, 6.45) is 4.56. The van der Waals surface area contributed by atoms with Crippen LogP contribution in [0, 0.1) is 0 Å². The van der Waals surface area contributed by atoms with Crippen LogP contribution in [0.5, 0.6) is 0 Å². The largest absolute Gasteiger partial charge is 0.306 e. The van der Waals surface area contributed by atoms with Crippen molar-refractivity contribution < 1.29 is 0 Å². The van der Waals surface area contributed by atoms with Gasteiger partial charge in [0.2, 0.25) is 0 Å². The molecule has 3 rings (SSSR count). The molecule has 1 saturated heterocycles. The maximum absolute atomic E-state index is 4.59. The van der Waals surface area contributed by atoms with Crippen LogP contribution >= 0.6 is 0 Å². The third kappa shape index (κ3) is 1.66. The minimum absolute atomic E-state index is 0.631. The van der Waals surface area contributed by atoms with E-state index in [0.717, 1.165) is 13.1 Å². The van der Waals surface area contributed by atoms with Gasteiger partial charge in [0.05, 0.1) is 17.9 Å². The molecule has 1 aromatic rings. The van der Waals surface area contributed by atoms with E-state index < -0.39 is 0 Å². The molecule has 0 atom stereocenters. The molecular formula is C12H20N4. The van der Waals surface area contributed by atoms with Gasteiger partial charge in [-0.1, -0.05) is 0 Å². The van der Waals surface area contributed by atoms with Gasteiger partial charge in [0.25, 0.3) is 0 Å². The summed E-state index contributed by atoms with van der Waals surface area (Å²) in [6, 6.07) is 0.631. The number of aromatic nitrogens is 2. The molecule has 0 unspecified atom stereocenters. The standard InChI is InChI=1S/C12H20N4/c1-14-5-3-11(4-6-14)16-12-9-15(2)8-10(12)7-13-16/h7,11H,3-6,8-9H2,1-2H3. The molecular weight excluding hydrogens is 200 g/mol. The molecule has 4 nitrogen and oxygen atoms in total. The Bertz CT molecular complexity index is 376. The van der Waals surface area contributed by atoms with Crippen LogP contribution in [-0.2, 0) is 13.1 Å². The molecule has 1 fully saturated rings. The van der Waals surface area contributed by atoms with Gasteiger partial charge in [-0.05, 0) is 40.0 Å². The lowest BCUT2D eigenvalue weighted by atomic mass is 10.1. The van der Waals surface area contributed by atoms with Crippen molar-refractivity contribution in [3.8, 4) is 0 Å². The molecule has 2 aliphatic rings. The summed E-state index contributed by atoms with van der Waals surface area (Å²) in [7, 11) is 4.39. The van der Waals surface area contributed by atoms with Gasteiger partial charge in [-0.3, -0.25) is 9.58 Å². The molecule has 0 saturated carbocycles. The lowest BCUT2D eigenvalue weighted by molar-refractivity contribution is 0.207. The van der Waals surface area contributed by atoms with Crippen LogP contribution in [0.25, 0.3) is 0 Å². The normalized spacial score (nSPS) is 23.9. The number of fused-ring (bicyclic) bond motifs is 1. The van der Waals surface area contributed by atoms with Gasteiger partial charge < -0.3 is 4.90 Å². The monoisotopic (exact) mass is 220 g/mol. The maximum atomic E-state index is 4.59. The minimum Gasteiger partial charge on any atom is -0.306 e. The number of rotatable bonds is 1. The quantitative estimate of drug-likeness (QED) is 0.708. The second-order valence-corrected chi connectivity index (χ2v) is 5.27. The SMILES string of the molecule is CN1CCC(n2ncc3c2CN(C)C3)CC1. The van der Waals surface area contributed by atoms with E-state index in [1.54, 1.807) is 0 Å². The van der Waals surface area contributed by atoms with Crippen molar-refractivity contribution in [1.82, 2.24) is 19.6 Å². The number of hydrogen-bond donors (Lipinski definition) is 0. The fourth-order valence-electron chi connectivity index (χ4n) is 2.89. The van der Waals surface area contributed by atoms with Crippen molar-refractivity contribution in [3.63, 3.8) is 0 Å². The van der Waals surface area contributed by atoms with E-state index in [1.807, 2.05) is 0 Å². The number of likely N-dealkylation sites (tertiary alicyclic amines) is 1.